The van der Waals surface area contributed by atoms with Gasteiger partial charge in [0, 0.05) is 19.6 Å². The van der Waals surface area contributed by atoms with Crippen molar-refractivity contribution in [2.75, 3.05) is 25.5 Å². The maximum atomic E-state index is 12.5. The number of nitrogens with zero attached hydrogens (tertiary/aromatic N) is 2. The Morgan fingerprint density at radius 2 is 1.55 bits per heavy atom. The third kappa shape index (κ3) is 6.36. The molecule has 0 aliphatic carbocycles. The van der Waals surface area contributed by atoms with E-state index in [1.54, 1.807) is 12.1 Å². The highest BCUT2D eigenvalue weighted by Crippen LogP contribution is 2.23. The second-order valence-electron chi connectivity index (χ2n) is 9.07. The molecule has 1 heterocycles. The molecule has 0 spiro atoms. The zero-order valence-electron chi connectivity index (χ0n) is 18.3. The molecule has 1 fully saturated rings. The van der Waals surface area contributed by atoms with Crippen LogP contribution in [0, 0.1) is 0 Å². The molecule has 1 aliphatic heterocycles. The van der Waals surface area contributed by atoms with Crippen LogP contribution in [-0.4, -0.2) is 51.6 Å². The SMILES string of the molecule is CC(C)(C)c1ccc(CN2CCS(=O)(=O)N(CCc3ccc(S(N)(=O)=O)cc3)C2)cc1. The lowest BCUT2D eigenvalue weighted by Gasteiger charge is -2.35. The number of hydrogen-bond donors (Lipinski definition) is 1. The molecule has 0 saturated carbocycles. The average molecular weight is 466 g/mol. The van der Waals surface area contributed by atoms with Crippen LogP contribution in [0.25, 0.3) is 0 Å². The Morgan fingerprint density at radius 3 is 2.10 bits per heavy atom. The van der Waals surface area contributed by atoms with E-state index in [4.69, 9.17) is 5.14 Å². The molecule has 170 valence electrons. The monoisotopic (exact) mass is 465 g/mol. The normalized spacial score (nSPS) is 18.2. The van der Waals surface area contributed by atoms with Crippen LogP contribution in [0.5, 0.6) is 0 Å². The molecular formula is C22H31N3O4S2. The van der Waals surface area contributed by atoms with Crippen molar-refractivity contribution in [3.05, 3.63) is 65.2 Å². The summed E-state index contributed by atoms with van der Waals surface area (Å²) in [6.07, 6.45) is 0.498. The molecule has 2 N–H and O–H groups in total. The van der Waals surface area contributed by atoms with E-state index in [2.05, 4.69) is 49.9 Å². The van der Waals surface area contributed by atoms with Crippen LogP contribution in [0.4, 0.5) is 0 Å². The molecule has 7 nitrogen and oxygen atoms in total. The summed E-state index contributed by atoms with van der Waals surface area (Å²) in [5, 5.41) is 5.12. The van der Waals surface area contributed by atoms with Crippen LogP contribution < -0.4 is 5.14 Å². The van der Waals surface area contributed by atoms with Crippen LogP contribution in [0.1, 0.15) is 37.5 Å². The summed E-state index contributed by atoms with van der Waals surface area (Å²) >= 11 is 0. The summed E-state index contributed by atoms with van der Waals surface area (Å²) in [6.45, 7) is 8.42. The van der Waals surface area contributed by atoms with E-state index >= 15 is 0 Å². The van der Waals surface area contributed by atoms with Gasteiger partial charge in [0.05, 0.1) is 17.3 Å². The van der Waals surface area contributed by atoms with Gasteiger partial charge in [-0.05, 0) is 40.7 Å². The first kappa shape index (κ1) is 23.9. The van der Waals surface area contributed by atoms with Gasteiger partial charge >= 0.3 is 0 Å². The lowest BCUT2D eigenvalue weighted by Crippen LogP contribution is -2.50. The lowest BCUT2D eigenvalue weighted by molar-refractivity contribution is 0.178. The van der Waals surface area contributed by atoms with Gasteiger partial charge in [-0.15, -0.1) is 0 Å². The van der Waals surface area contributed by atoms with Crippen molar-refractivity contribution in [1.82, 2.24) is 9.21 Å². The molecule has 9 heteroatoms. The largest absolute Gasteiger partial charge is 0.284 e. The number of hydrogen-bond acceptors (Lipinski definition) is 5. The van der Waals surface area contributed by atoms with Crippen LogP contribution in [-0.2, 0) is 38.4 Å². The Kier molecular flexibility index (Phi) is 6.93. The topological polar surface area (TPSA) is 101 Å². The summed E-state index contributed by atoms with van der Waals surface area (Å²) in [4.78, 5) is 2.18. The van der Waals surface area contributed by atoms with E-state index in [1.165, 1.54) is 22.0 Å². The molecular weight excluding hydrogens is 434 g/mol. The van der Waals surface area contributed by atoms with E-state index in [1.807, 2.05) is 0 Å². The highest BCUT2D eigenvalue weighted by molar-refractivity contribution is 7.89. The summed E-state index contributed by atoms with van der Waals surface area (Å²) in [7, 11) is -7.04. The van der Waals surface area contributed by atoms with Crippen molar-refractivity contribution in [1.29, 1.82) is 0 Å². The van der Waals surface area contributed by atoms with Crippen molar-refractivity contribution >= 4 is 20.0 Å². The predicted octanol–water partition coefficient (Wildman–Crippen LogP) is 2.28. The minimum absolute atomic E-state index is 0.0468. The van der Waals surface area contributed by atoms with Crippen LogP contribution in [0.2, 0.25) is 0 Å². The van der Waals surface area contributed by atoms with Crippen LogP contribution in [0.15, 0.2) is 53.4 Å². The molecule has 3 rings (SSSR count). The fraction of sp³-hybridized carbons (Fsp3) is 0.455. The summed E-state index contributed by atoms with van der Waals surface area (Å²) < 4.78 is 49.3. The molecule has 0 bridgehead atoms. The van der Waals surface area contributed by atoms with Crippen molar-refractivity contribution in [2.45, 2.75) is 44.0 Å². The minimum Gasteiger partial charge on any atom is -0.284 e. The molecule has 2 aromatic rings. The molecule has 0 aromatic heterocycles. The molecule has 31 heavy (non-hydrogen) atoms. The number of rotatable bonds is 6. The Labute approximate surface area is 186 Å². The molecule has 0 unspecified atom stereocenters. The zero-order chi connectivity index (χ0) is 22.9. The van der Waals surface area contributed by atoms with Gasteiger partial charge in [-0.25, -0.2) is 22.0 Å². The van der Waals surface area contributed by atoms with Gasteiger partial charge in [0.15, 0.2) is 0 Å². The maximum Gasteiger partial charge on any atom is 0.238 e. The molecule has 2 aromatic carbocycles. The van der Waals surface area contributed by atoms with Gasteiger partial charge in [0.25, 0.3) is 0 Å². The first-order valence-electron chi connectivity index (χ1n) is 10.3. The predicted molar refractivity (Wildman–Crippen MR) is 122 cm³/mol. The minimum atomic E-state index is -3.73. The van der Waals surface area contributed by atoms with E-state index in [0.29, 0.717) is 32.7 Å². The Morgan fingerprint density at radius 1 is 0.968 bits per heavy atom. The first-order valence-corrected chi connectivity index (χ1v) is 13.4. The van der Waals surface area contributed by atoms with Crippen molar-refractivity contribution in [3.8, 4) is 0 Å². The Hall–Kier alpha value is -1.78. The van der Waals surface area contributed by atoms with Gasteiger partial charge in [-0.1, -0.05) is 57.2 Å². The third-order valence-corrected chi connectivity index (χ3v) is 8.26. The fourth-order valence-electron chi connectivity index (χ4n) is 3.56. The third-order valence-electron chi connectivity index (χ3n) is 5.54. The van der Waals surface area contributed by atoms with Gasteiger partial charge in [-0.2, -0.15) is 4.31 Å². The van der Waals surface area contributed by atoms with Gasteiger partial charge in [-0.3, -0.25) is 4.90 Å². The van der Waals surface area contributed by atoms with Crippen molar-refractivity contribution in [2.24, 2.45) is 5.14 Å². The quantitative estimate of drug-likeness (QED) is 0.705. The van der Waals surface area contributed by atoms with E-state index in [0.717, 1.165) is 11.1 Å². The standard InChI is InChI=1S/C22H31N3O4S2/c1-22(2,3)20-8-4-19(5-9-20)16-24-14-15-30(26,27)25(17-24)13-12-18-6-10-21(11-7-18)31(23,28)29/h4-11H,12-17H2,1-3H3,(H2,23,28,29). The van der Waals surface area contributed by atoms with Gasteiger partial charge in [0.1, 0.15) is 0 Å². The summed E-state index contributed by atoms with van der Waals surface area (Å²) in [5.74, 6) is 0.0947. The molecule has 0 radical (unpaired) electrons. The number of benzene rings is 2. The Balaban J connectivity index is 1.62. The van der Waals surface area contributed by atoms with E-state index in [-0.39, 0.29) is 16.1 Å². The molecule has 0 amide bonds. The van der Waals surface area contributed by atoms with Crippen LogP contribution in [0.3, 0.4) is 0 Å². The number of primary sulfonamides is 1. The number of sulfonamides is 2. The first-order chi connectivity index (χ1) is 14.3. The van der Waals surface area contributed by atoms with Crippen LogP contribution >= 0.6 is 0 Å². The fourth-order valence-corrected chi connectivity index (χ4v) is 5.53. The van der Waals surface area contributed by atoms with Crippen molar-refractivity contribution < 1.29 is 16.8 Å². The van der Waals surface area contributed by atoms with E-state index < -0.39 is 20.0 Å². The van der Waals surface area contributed by atoms with Gasteiger partial charge < -0.3 is 0 Å². The maximum absolute atomic E-state index is 12.5. The Bertz CT molecular complexity index is 1100. The summed E-state index contributed by atoms with van der Waals surface area (Å²) in [6, 6.07) is 14.7. The molecule has 0 atom stereocenters. The molecule has 1 saturated heterocycles. The smallest absolute Gasteiger partial charge is 0.238 e. The highest BCUT2D eigenvalue weighted by Gasteiger charge is 2.30. The highest BCUT2D eigenvalue weighted by atomic mass is 32.2. The lowest BCUT2D eigenvalue weighted by atomic mass is 9.87. The van der Waals surface area contributed by atoms with E-state index in [9.17, 15) is 16.8 Å². The average Bonchev–Trinajstić information content (AvgIpc) is 2.68. The zero-order valence-corrected chi connectivity index (χ0v) is 19.9. The second-order valence-corrected chi connectivity index (χ2v) is 12.7. The molecule has 1 aliphatic rings. The number of nitrogens with two attached hydrogens (primary N) is 1. The second kappa shape index (κ2) is 8.99. The van der Waals surface area contributed by atoms with Crippen molar-refractivity contribution in [3.63, 3.8) is 0 Å². The van der Waals surface area contributed by atoms with Gasteiger partial charge in [0.2, 0.25) is 20.0 Å². The summed E-state index contributed by atoms with van der Waals surface area (Å²) in [5.41, 5.74) is 3.39.